The van der Waals surface area contributed by atoms with Crippen molar-refractivity contribution in [2.45, 2.75) is 18.8 Å². The molecule has 0 fully saturated rings. The molecule has 0 spiro atoms. The highest BCUT2D eigenvalue weighted by Gasteiger charge is 2.32. The molecule has 0 saturated heterocycles. The van der Waals surface area contributed by atoms with Gasteiger partial charge in [-0.2, -0.15) is 0 Å². The van der Waals surface area contributed by atoms with Crippen molar-refractivity contribution in [1.82, 2.24) is 0 Å². The maximum Gasteiger partial charge on any atom is 0.573 e. The van der Waals surface area contributed by atoms with Gasteiger partial charge in [0, 0.05) is 22.7 Å². The quantitative estimate of drug-likeness (QED) is 0.898. The molecule has 0 amide bonds. The van der Waals surface area contributed by atoms with Crippen LogP contribution in [0.2, 0.25) is 0 Å². The van der Waals surface area contributed by atoms with Crippen LogP contribution in [0.15, 0.2) is 22.7 Å². The van der Waals surface area contributed by atoms with Gasteiger partial charge in [0.25, 0.3) is 0 Å². The van der Waals surface area contributed by atoms with Gasteiger partial charge in [0.05, 0.1) is 0 Å². The first-order chi connectivity index (χ1) is 7.83. The number of rotatable bonds is 4. The van der Waals surface area contributed by atoms with E-state index in [-0.39, 0.29) is 24.3 Å². The molecule has 0 aromatic heterocycles. The van der Waals surface area contributed by atoms with E-state index in [1.165, 1.54) is 18.2 Å². The minimum Gasteiger partial charge on any atom is -0.405 e. The van der Waals surface area contributed by atoms with Crippen LogP contribution in [0.1, 0.15) is 18.0 Å². The predicted octanol–water partition coefficient (Wildman–Crippen LogP) is 2.73. The smallest absolute Gasteiger partial charge is 0.405 e. The van der Waals surface area contributed by atoms with Crippen LogP contribution in [0, 0.1) is 0 Å². The van der Waals surface area contributed by atoms with E-state index in [1.807, 2.05) is 0 Å². The topological polar surface area (TPSA) is 55.5 Å². The number of alkyl halides is 3. The number of aliphatic hydroxyl groups is 1. The molecule has 3 nitrogen and oxygen atoms in total. The normalized spacial score (nSPS) is 13.5. The summed E-state index contributed by atoms with van der Waals surface area (Å²) in [6.07, 6.45) is -4.60. The third-order valence-electron chi connectivity index (χ3n) is 2.04. The second-order valence-electron chi connectivity index (χ2n) is 3.35. The first-order valence-electron chi connectivity index (χ1n) is 4.75. The average Bonchev–Trinajstić information content (AvgIpc) is 2.19. The summed E-state index contributed by atoms with van der Waals surface area (Å²) in [5.41, 5.74) is 5.87. The molecular formula is C10H11BrF3NO2. The zero-order valence-corrected chi connectivity index (χ0v) is 10.3. The Hall–Kier alpha value is -0.790. The van der Waals surface area contributed by atoms with Crippen LogP contribution in [-0.4, -0.2) is 18.1 Å². The zero-order chi connectivity index (χ0) is 13.1. The molecule has 0 radical (unpaired) electrons. The Balaban J connectivity index is 3.03. The van der Waals surface area contributed by atoms with Crippen molar-refractivity contribution in [1.29, 1.82) is 0 Å². The largest absolute Gasteiger partial charge is 0.573 e. The standard InChI is InChI=1S/C10H11BrF3NO2/c11-6-1-2-9(17-10(12,13)14)7(5-6)8(15)3-4-16/h1-2,5,8,16H,3-4,15H2/t8-/m1/s1. The molecular weight excluding hydrogens is 303 g/mol. The molecule has 0 aliphatic carbocycles. The maximum absolute atomic E-state index is 12.1. The number of nitrogens with two attached hydrogens (primary N) is 1. The van der Waals surface area contributed by atoms with Gasteiger partial charge in [-0.3, -0.25) is 0 Å². The summed E-state index contributed by atoms with van der Waals surface area (Å²) in [6.45, 7) is -0.209. The second-order valence-corrected chi connectivity index (χ2v) is 4.26. The predicted molar refractivity (Wildman–Crippen MR) is 59.5 cm³/mol. The van der Waals surface area contributed by atoms with Crippen LogP contribution in [0.3, 0.4) is 0 Å². The zero-order valence-electron chi connectivity index (χ0n) is 8.67. The van der Waals surface area contributed by atoms with Crippen molar-refractivity contribution in [2.24, 2.45) is 5.73 Å². The third-order valence-corrected chi connectivity index (χ3v) is 2.53. The van der Waals surface area contributed by atoms with E-state index in [9.17, 15) is 13.2 Å². The van der Waals surface area contributed by atoms with E-state index in [2.05, 4.69) is 20.7 Å². The summed E-state index contributed by atoms with van der Waals surface area (Å²) in [7, 11) is 0. The maximum atomic E-state index is 12.1. The Bertz CT molecular complexity index is 384. The van der Waals surface area contributed by atoms with Crippen LogP contribution in [0.25, 0.3) is 0 Å². The lowest BCUT2D eigenvalue weighted by Gasteiger charge is -2.17. The molecule has 1 atom stereocenters. The molecule has 7 heteroatoms. The van der Waals surface area contributed by atoms with Crippen molar-refractivity contribution in [3.8, 4) is 5.75 Å². The lowest BCUT2D eigenvalue weighted by molar-refractivity contribution is -0.275. The molecule has 17 heavy (non-hydrogen) atoms. The fourth-order valence-corrected chi connectivity index (χ4v) is 1.70. The van der Waals surface area contributed by atoms with Crippen molar-refractivity contribution < 1.29 is 23.0 Å². The van der Waals surface area contributed by atoms with Gasteiger partial charge in [-0.1, -0.05) is 15.9 Å². The summed E-state index contributed by atoms with van der Waals surface area (Å²) >= 11 is 3.14. The highest BCUT2D eigenvalue weighted by molar-refractivity contribution is 9.10. The number of ether oxygens (including phenoxy) is 1. The average molecular weight is 314 g/mol. The van der Waals surface area contributed by atoms with Gasteiger partial charge in [-0.15, -0.1) is 13.2 Å². The van der Waals surface area contributed by atoms with Gasteiger partial charge in [-0.25, -0.2) is 0 Å². The van der Waals surface area contributed by atoms with Gasteiger partial charge in [0.1, 0.15) is 5.75 Å². The Morgan fingerprint density at radius 2 is 2.06 bits per heavy atom. The van der Waals surface area contributed by atoms with Gasteiger partial charge < -0.3 is 15.6 Å². The number of benzene rings is 1. The monoisotopic (exact) mass is 313 g/mol. The van der Waals surface area contributed by atoms with Crippen LogP contribution in [0.5, 0.6) is 5.75 Å². The van der Waals surface area contributed by atoms with Gasteiger partial charge in [-0.05, 0) is 24.6 Å². The highest BCUT2D eigenvalue weighted by Crippen LogP contribution is 2.32. The van der Waals surface area contributed by atoms with Crippen molar-refractivity contribution in [3.63, 3.8) is 0 Å². The Kier molecular flexibility index (Phi) is 4.79. The number of aliphatic hydroxyl groups excluding tert-OH is 1. The van der Waals surface area contributed by atoms with Gasteiger partial charge >= 0.3 is 6.36 Å². The van der Waals surface area contributed by atoms with Gasteiger partial charge in [0.15, 0.2) is 0 Å². The summed E-state index contributed by atoms with van der Waals surface area (Å²) in [6, 6.07) is 3.34. The number of hydrogen-bond donors (Lipinski definition) is 2. The van der Waals surface area contributed by atoms with Crippen LogP contribution >= 0.6 is 15.9 Å². The third kappa shape index (κ3) is 4.53. The first kappa shape index (κ1) is 14.3. The minimum atomic E-state index is -4.76. The van der Waals surface area contributed by atoms with Crippen LogP contribution in [0.4, 0.5) is 13.2 Å². The molecule has 0 aliphatic heterocycles. The van der Waals surface area contributed by atoms with Crippen molar-refractivity contribution in [3.05, 3.63) is 28.2 Å². The van der Waals surface area contributed by atoms with E-state index >= 15 is 0 Å². The molecule has 0 heterocycles. The first-order valence-corrected chi connectivity index (χ1v) is 5.54. The lowest BCUT2D eigenvalue weighted by Crippen LogP contribution is -2.20. The number of halogens is 4. The second kappa shape index (κ2) is 5.70. The van der Waals surface area contributed by atoms with Gasteiger partial charge in [0.2, 0.25) is 0 Å². The van der Waals surface area contributed by atoms with Crippen LogP contribution in [-0.2, 0) is 0 Å². The van der Waals surface area contributed by atoms with E-state index in [4.69, 9.17) is 10.8 Å². The molecule has 0 saturated carbocycles. The van der Waals surface area contributed by atoms with E-state index in [1.54, 1.807) is 0 Å². The highest BCUT2D eigenvalue weighted by atomic mass is 79.9. The van der Waals surface area contributed by atoms with E-state index in [0.717, 1.165) is 0 Å². The Morgan fingerprint density at radius 1 is 1.41 bits per heavy atom. The van der Waals surface area contributed by atoms with E-state index in [0.29, 0.717) is 4.47 Å². The molecule has 0 aliphatic rings. The molecule has 0 bridgehead atoms. The fourth-order valence-electron chi connectivity index (χ4n) is 1.32. The van der Waals surface area contributed by atoms with Crippen molar-refractivity contribution >= 4 is 15.9 Å². The van der Waals surface area contributed by atoms with Crippen molar-refractivity contribution in [2.75, 3.05) is 6.61 Å². The molecule has 1 aromatic carbocycles. The fraction of sp³-hybridized carbons (Fsp3) is 0.400. The SMILES string of the molecule is N[C@H](CCO)c1cc(Br)ccc1OC(F)(F)F. The molecule has 1 rings (SSSR count). The minimum absolute atomic E-state index is 0.157. The Labute approximate surface area is 105 Å². The molecule has 96 valence electrons. The summed E-state index contributed by atoms with van der Waals surface area (Å²) in [4.78, 5) is 0. The molecule has 1 aromatic rings. The summed E-state index contributed by atoms with van der Waals surface area (Å²) in [5, 5.41) is 8.74. The Morgan fingerprint density at radius 3 is 2.59 bits per heavy atom. The van der Waals surface area contributed by atoms with E-state index < -0.39 is 12.4 Å². The molecule has 3 N–H and O–H groups in total. The van der Waals surface area contributed by atoms with Crippen LogP contribution < -0.4 is 10.5 Å². The number of hydrogen-bond acceptors (Lipinski definition) is 3. The summed E-state index contributed by atoms with van der Waals surface area (Å²) in [5.74, 6) is -0.346. The molecule has 0 unspecified atom stereocenters. The lowest BCUT2D eigenvalue weighted by atomic mass is 10.0. The summed E-state index contributed by atoms with van der Waals surface area (Å²) < 4.78 is 40.9.